The number of aromatic amines is 1. The third-order valence-electron chi connectivity index (χ3n) is 3.29. The van der Waals surface area contributed by atoms with E-state index in [2.05, 4.69) is 31.2 Å². The summed E-state index contributed by atoms with van der Waals surface area (Å²) in [6, 6.07) is 6.01. The largest absolute Gasteiger partial charge is 0.382 e. The van der Waals surface area contributed by atoms with Gasteiger partial charge in [-0.25, -0.2) is 4.39 Å². The molecule has 1 aromatic carbocycles. The number of aliphatic hydroxyl groups excluding tert-OH is 1. The molecule has 2 aromatic heterocycles. The molecule has 0 amide bonds. The van der Waals surface area contributed by atoms with Gasteiger partial charge in [0.05, 0.1) is 28.3 Å². The van der Waals surface area contributed by atoms with Gasteiger partial charge < -0.3 is 5.11 Å². The average molecular weight is 351 g/mol. The number of aromatic nitrogens is 4. The number of halogens is 2. The summed E-state index contributed by atoms with van der Waals surface area (Å²) >= 11 is 3.37. The first-order valence-electron chi connectivity index (χ1n) is 6.22. The Balaban J connectivity index is 2.05. The first-order valence-corrected chi connectivity index (χ1v) is 7.02. The maximum Gasteiger partial charge on any atom is 0.125 e. The minimum Gasteiger partial charge on any atom is -0.382 e. The Hall–Kier alpha value is -1.99. The number of rotatable bonds is 3. The highest BCUT2D eigenvalue weighted by Gasteiger charge is 2.23. The maximum absolute atomic E-state index is 13.0. The highest BCUT2D eigenvalue weighted by molar-refractivity contribution is 9.10. The fraction of sp³-hybridized carbons (Fsp3) is 0.143. The molecule has 21 heavy (non-hydrogen) atoms. The van der Waals surface area contributed by atoms with Crippen molar-refractivity contribution in [3.8, 4) is 11.3 Å². The molecule has 0 saturated heterocycles. The SMILES string of the molecule is Cn1ncc(Br)c1C(O)c1cn[nH]c1-c1ccc(F)cc1. The van der Waals surface area contributed by atoms with Crippen molar-refractivity contribution in [3.63, 3.8) is 0 Å². The summed E-state index contributed by atoms with van der Waals surface area (Å²) in [5.74, 6) is -0.310. The van der Waals surface area contributed by atoms with Crippen LogP contribution in [0.15, 0.2) is 41.1 Å². The van der Waals surface area contributed by atoms with Crippen LogP contribution in [0.25, 0.3) is 11.3 Å². The molecule has 1 unspecified atom stereocenters. The molecule has 108 valence electrons. The number of hydrogen-bond donors (Lipinski definition) is 2. The quantitative estimate of drug-likeness (QED) is 0.763. The van der Waals surface area contributed by atoms with Gasteiger partial charge in [0.15, 0.2) is 0 Å². The van der Waals surface area contributed by atoms with E-state index in [9.17, 15) is 9.50 Å². The summed E-state index contributed by atoms with van der Waals surface area (Å²) in [6.45, 7) is 0. The number of aryl methyl sites for hydroxylation is 1. The molecule has 2 N–H and O–H groups in total. The van der Waals surface area contributed by atoms with Crippen molar-refractivity contribution in [1.29, 1.82) is 0 Å². The number of H-pyrrole nitrogens is 1. The van der Waals surface area contributed by atoms with Crippen molar-refractivity contribution >= 4 is 15.9 Å². The summed E-state index contributed by atoms with van der Waals surface area (Å²) in [5, 5.41) is 21.5. The Morgan fingerprint density at radius 1 is 1.29 bits per heavy atom. The van der Waals surface area contributed by atoms with Crippen molar-refractivity contribution < 1.29 is 9.50 Å². The molecule has 7 heteroatoms. The van der Waals surface area contributed by atoms with Crippen molar-refractivity contribution in [2.24, 2.45) is 7.05 Å². The zero-order valence-electron chi connectivity index (χ0n) is 11.1. The summed E-state index contributed by atoms with van der Waals surface area (Å²) in [4.78, 5) is 0. The van der Waals surface area contributed by atoms with E-state index in [-0.39, 0.29) is 5.82 Å². The Morgan fingerprint density at radius 2 is 2.00 bits per heavy atom. The minimum atomic E-state index is -0.898. The number of benzene rings is 1. The zero-order chi connectivity index (χ0) is 15.0. The van der Waals surface area contributed by atoms with Crippen molar-refractivity contribution in [3.05, 3.63) is 58.2 Å². The van der Waals surface area contributed by atoms with Gasteiger partial charge in [-0.1, -0.05) is 0 Å². The molecule has 5 nitrogen and oxygen atoms in total. The average Bonchev–Trinajstić information content (AvgIpc) is 3.07. The topological polar surface area (TPSA) is 66.7 Å². The Kier molecular flexibility index (Phi) is 3.60. The van der Waals surface area contributed by atoms with Gasteiger partial charge in [0.2, 0.25) is 0 Å². The summed E-state index contributed by atoms with van der Waals surface area (Å²) < 4.78 is 15.3. The molecule has 3 aromatic rings. The number of nitrogens with one attached hydrogen (secondary N) is 1. The lowest BCUT2D eigenvalue weighted by Crippen LogP contribution is -2.07. The van der Waals surface area contributed by atoms with Crippen LogP contribution in [0.5, 0.6) is 0 Å². The van der Waals surface area contributed by atoms with Gasteiger partial charge >= 0.3 is 0 Å². The van der Waals surface area contributed by atoms with Crippen LogP contribution in [0.4, 0.5) is 4.39 Å². The molecule has 2 heterocycles. The molecule has 0 saturated carbocycles. The van der Waals surface area contributed by atoms with Crippen molar-refractivity contribution in [2.75, 3.05) is 0 Å². The number of hydrogen-bond acceptors (Lipinski definition) is 3. The lowest BCUT2D eigenvalue weighted by atomic mass is 10.0. The van der Waals surface area contributed by atoms with Crippen LogP contribution in [0.2, 0.25) is 0 Å². The van der Waals surface area contributed by atoms with E-state index in [4.69, 9.17) is 0 Å². The van der Waals surface area contributed by atoms with Crippen LogP contribution in [0.3, 0.4) is 0 Å². The Bertz CT molecular complexity index is 746. The molecular formula is C14H12BrFN4O. The Labute approximate surface area is 128 Å². The van der Waals surface area contributed by atoms with Gasteiger partial charge in [0.25, 0.3) is 0 Å². The Morgan fingerprint density at radius 3 is 2.62 bits per heavy atom. The van der Waals surface area contributed by atoms with E-state index in [1.54, 1.807) is 36.3 Å². The minimum absolute atomic E-state index is 0.310. The van der Waals surface area contributed by atoms with E-state index in [0.29, 0.717) is 21.4 Å². The summed E-state index contributed by atoms with van der Waals surface area (Å²) in [5.41, 5.74) is 2.63. The monoisotopic (exact) mass is 350 g/mol. The van der Waals surface area contributed by atoms with E-state index in [1.807, 2.05) is 0 Å². The molecular weight excluding hydrogens is 339 g/mol. The summed E-state index contributed by atoms with van der Waals surface area (Å²) in [7, 11) is 1.75. The van der Waals surface area contributed by atoms with Crippen LogP contribution in [0.1, 0.15) is 17.4 Å². The molecule has 0 spiro atoms. The van der Waals surface area contributed by atoms with Crippen LogP contribution in [-0.4, -0.2) is 25.1 Å². The van der Waals surface area contributed by atoms with Crippen LogP contribution >= 0.6 is 15.9 Å². The van der Waals surface area contributed by atoms with Gasteiger partial charge in [-0.3, -0.25) is 9.78 Å². The standard InChI is InChI=1S/C14H12BrFN4O/c1-20-13(11(15)7-18-20)14(21)10-6-17-19-12(10)8-2-4-9(16)5-3-8/h2-7,14,21H,1H3,(H,17,19). The van der Waals surface area contributed by atoms with Crippen LogP contribution < -0.4 is 0 Å². The number of nitrogens with zero attached hydrogens (tertiary/aromatic N) is 3. The first kappa shape index (κ1) is 14.0. The number of aliphatic hydroxyl groups is 1. The third-order valence-corrected chi connectivity index (χ3v) is 3.90. The normalized spacial score (nSPS) is 12.6. The van der Waals surface area contributed by atoms with Gasteiger partial charge in [-0.2, -0.15) is 10.2 Å². The molecule has 1 atom stereocenters. The third kappa shape index (κ3) is 2.50. The van der Waals surface area contributed by atoms with E-state index in [0.717, 1.165) is 5.56 Å². The molecule has 3 rings (SSSR count). The molecule has 0 aliphatic rings. The second kappa shape index (κ2) is 5.42. The molecule has 0 aliphatic carbocycles. The van der Waals surface area contributed by atoms with Crippen molar-refractivity contribution in [2.45, 2.75) is 6.10 Å². The van der Waals surface area contributed by atoms with E-state index < -0.39 is 6.10 Å². The zero-order valence-corrected chi connectivity index (χ0v) is 12.7. The lowest BCUT2D eigenvalue weighted by Gasteiger charge is -2.12. The fourth-order valence-corrected chi connectivity index (χ4v) is 2.79. The highest BCUT2D eigenvalue weighted by Crippen LogP contribution is 2.33. The molecule has 0 aliphatic heterocycles. The van der Waals surface area contributed by atoms with Gasteiger partial charge in [-0.15, -0.1) is 0 Å². The second-order valence-electron chi connectivity index (χ2n) is 4.61. The molecule has 0 fully saturated rings. The summed E-state index contributed by atoms with van der Waals surface area (Å²) in [6.07, 6.45) is 2.28. The van der Waals surface area contributed by atoms with Gasteiger partial charge in [-0.05, 0) is 40.2 Å². The van der Waals surface area contributed by atoms with E-state index in [1.165, 1.54) is 12.1 Å². The second-order valence-corrected chi connectivity index (χ2v) is 5.47. The molecule has 0 bridgehead atoms. The van der Waals surface area contributed by atoms with Gasteiger partial charge in [0.1, 0.15) is 11.9 Å². The van der Waals surface area contributed by atoms with Gasteiger partial charge in [0, 0.05) is 18.2 Å². The van der Waals surface area contributed by atoms with Crippen molar-refractivity contribution in [1.82, 2.24) is 20.0 Å². The predicted octanol–water partition coefficient (Wildman–Crippen LogP) is 2.79. The lowest BCUT2D eigenvalue weighted by molar-refractivity contribution is 0.209. The van der Waals surface area contributed by atoms with Crippen LogP contribution in [-0.2, 0) is 7.05 Å². The smallest absolute Gasteiger partial charge is 0.125 e. The van der Waals surface area contributed by atoms with Crippen LogP contribution in [0, 0.1) is 5.82 Å². The first-order chi connectivity index (χ1) is 10.1. The maximum atomic E-state index is 13.0. The highest BCUT2D eigenvalue weighted by atomic mass is 79.9. The predicted molar refractivity (Wildman–Crippen MR) is 79.0 cm³/mol. The van der Waals surface area contributed by atoms with E-state index >= 15 is 0 Å². The molecule has 0 radical (unpaired) electrons. The fourth-order valence-electron chi connectivity index (χ4n) is 2.23.